The number of hydrogen-bond acceptors (Lipinski definition) is 6. The minimum atomic E-state index is -0.863. The molecule has 25 heavy (non-hydrogen) atoms. The quantitative estimate of drug-likeness (QED) is 0.346. The van der Waals surface area contributed by atoms with Gasteiger partial charge in [0.15, 0.2) is 12.4 Å². The van der Waals surface area contributed by atoms with E-state index < -0.39 is 17.5 Å². The molecule has 7 heteroatoms. The van der Waals surface area contributed by atoms with Gasteiger partial charge in [-0.25, -0.2) is 4.79 Å². The number of ketones is 1. The topological polar surface area (TPSA) is 95.7 Å². The second kappa shape index (κ2) is 7.57. The second-order valence-corrected chi connectivity index (χ2v) is 5.44. The van der Waals surface area contributed by atoms with Crippen LogP contribution in [0.5, 0.6) is 5.75 Å². The Hall–Kier alpha value is -3.22. The zero-order valence-corrected chi connectivity index (χ0v) is 14.1. The van der Waals surface area contributed by atoms with Gasteiger partial charge in [-0.15, -0.1) is 0 Å². The molecule has 0 bridgehead atoms. The summed E-state index contributed by atoms with van der Waals surface area (Å²) in [5, 5.41) is 10.8. The number of ether oxygens (including phenoxy) is 2. The summed E-state index contributed by atoms with van der Waals surface area (Å²) in [6, 6.07) is 8.78. The summed E-state index contributed by atoms with van der Waals surface area (Å²) < 4.78 is 10.0. The Morgan fingerprint density at radius 1 is 1.08 bits per heavy atom. The van der Waals surface area contributed by atoms with E-state index in [1.807, 2.05) is 19.9 Å². The van der Waals surface area contributed by atoms with Crippen molar-refractivity contribution in [3.05, 3.63) is 68.8 Å². The Labute approximate surface area is 144 Å². The third-order valence-corrected chi connectivity index (χ3v) is 3.78. The predicted molar refractivity (Wildman–Crippen MR) is 90.2 cm³/mol. The third kappa shape index (κ3) is 4.20. The average molecular weight is 343 g/mol. The maximum atomic E-state index is 12.2. The van der Waals surface area contributed by atoms with Gasteiger partial charge in [-0.1, -0.05) is 12.1 Å². The number of Topliss-reactive ketones (excluding diaryl/α,β-unsaturated/α-hetero) is 1. The highest BCUT2D eigenvalue weighted by atomic mass is 16.6. The zero-order valence-electron chi connectivity index (χ0n) is 14.1. The molecule has 0 N–H and O–H groups in total. The number of carbonyl (C=O) groups is 2. The SMILES string of the molecule is COc1ccc([N+](=O)[O-])cc1C(=O)OCC(=O)c1ccc(C)c(C)c1. The fourth-order valence-electron chi connectivity index (χ4n) is 2.18. The highest BCUT2D eigenvalue weighted by molar-refractivity contribution is 6.00. The minimum absolute atomic E-state index is 0.107. The molecule has 0 aliphatic heterocycles. The maximum absolute atomic E-state index is 12.2. The van der Waals surface area contributed by atoms with E-state index in [1.54, 1.807) is 12.1 Å². The molecule has 0 aliphatic carbocycles. The van der Waals surface area contributed by atoms with Crippen molar-refractivity contribution < 1.29 is 24.0 Å². The first kappa shape index (κ1) is 18.1. The van der Waals surface area contributed by atoms with Gasteiger partial charge in [0.25, 0.3) is 5.69 Å². The lowest BCUT2D eigenvalue weighted by atomic mass is 10.0. The molecule has 0 atom stereocenters. The van der Waals surface area contributed by atoms with E-state index in [2.05, 4.69) is 0 Å². The summed E-state index contributed by atoms with van der Waals surface area (Å²) in [6.45, 7) is 3.34. The smallest absolute Gasteiger partial charge is 0.342 e. The van der Waals surface area contributed by atoms with E-state index in [1.165, 1.54) is 19.2 Å². The van der Waals surface area contributed by atoms with Gasteiger partial charge in [0.2, 0.25) is 0 Å². The fourth-order valence-corrected chi connectivity index (χ4v) is 2.18. The lowest BCUT2D eigenvalue weighted by molar-refractivity contribution is -0.384. The van der Waals surface area contributed by atoms with Crippen LogP contribution in [0.15, 0.2) is 36.4 Å². The van der Waals surface area contributed by atoms with Crippen LogP contribution in [0.4, 0.5) is 5.69 Å². The lowest BCUT2D eigenvalue weighted by Crippen LogP contribution is -2.15. The summed E-state index contributed by atoms with van der Waals surface area (Å²) in [4.78, 5) is 34.6. The van der Waals surface area contributed by atoms with E-state index in [9.17, 15) is 19.7 Å². The number of nitrogens with zero attached hydrogens (tertiary/aromatic N) is 1. The number of carbonyl (C=O) groups excluding carboxylic acids is 2. The summed E-state index contributed by atoms with van der Waals surface area (Å²) in [7, 11) is 1.33. The third-order valence-electron chi connectivity index (χ3n) is 3.78. The van der Waals surface area contributed by atoms with Crippen molar-refractivity contribution in [2.45, 2.75) is 13.8 Å². The molecular weight excluding hydrogens is 326 g/mol. The van der Waals surface area contributed by atoms with Crippen LogP contribution in [0.2, 0.25) is 0 Å². The molecule has 130 valence electrons. The summed E-state index contributed by atoms with van der Waals surface area (Å²) in [6.07, 6.45) is 0. The van der Waals surface area contributed by atoms with Crippen LogP contribution in [-0.4, -0.2) is 30.4 Å². The van der Waals surface area contributed by atoms with Gasteiger partial charge in [0.05, 0.1) is 12.0 Å². The van der Waals surface area contributed by atoms with Gasteiger partial charge in [-0.2, -0.15) is 0 Å². The van der Waals surface area contributed by atoms with E-state index >= 15 is 0 Å². The molecule has 2 aromatic carbocycles. The van der Waals surface area contributed by atoms with E-state index in [0.29, 0.717) is 5.56 Å². The van der Waals surface area contributed by atoms with Gasteiger partial charge >= 0.3 is 5.97 Å². The number of nitro benzene ring substituents is 1. The molecule has 0 radical (unpaired) electrons. The van der Waals surface area contributed by atoms with Crippen LogP contribution >= 0.6 is 0 Å². The normalized spacial score (nSPS) is 10.2. The van der Waals surface area contributed by atoms with Crippen LogP contribution in [0, 0.1) is 24.0 Å². The largest absolute Gasteiger partial charge is 0.496 e. The van der Waals surface area contributed by atoms with Gasteiger partial charge in [0.1, 0.15) is 11.3 Å². The number of aryl methyl sites for hydroxylation is 2. The number of benzene rings is 2. The molecule has 0 heterocycles. The van der Waals surface area contributed by atoms with Crippen molar-refractivity contribution in [1.82, 2.24) is 0 Å². The first-order valence-electron chi connectivity index (χ1n) is 7.43. The van der Waals surface area contributed by atoms with Gasteiger partial charge in [0, 0.05) is 17.7 Å². The van der Waals surface area contributed by atoms with Crippen molar-refractivity contribution in [3.63, 3.8) is 0 Å². The highest BCUT2D eigenvalue weighted by Crippen LogP contribution is 2.24. The van der Waals surface area contributed by atoms with Crippen molar-refractivity contribution in [3.8, 4) is 5.75 Å². The summed E-state index contributed by atoms with van der Waals surface area (Å²) >= 11 is 0. The standard InChI is InChI=1S/C18H17NO6/c1-11-4-5-13(8-12(11)2)16(20)10-25-18(21)15-9-14(19(22)23)6-7-17(15)24-3/h4-9H,10H2,1-3H3. The van der Waals surface area contributed by atoms with Crippen molar-refractivity contribution in [1.29, 1.82) is 0 Å². The molecule has 0 saturated carbocycles. The predicted octanol–water partition coefficient (Wildman–Crippen LogP) is 3.26. The average Bonchev–Trinajstić information content (AvgIpc) is 2.60. The second-order valence-electron chi connectivity index (χ2n) is 5.44. The molecule has 0 aliphatic rings. The van der Waals surface area contributed by atoms with Gasteiger partial charge in [-0.3, -0.25) is 14.9 Å². The van der Waals surface area contributed by atoms with E-state index in [0.717, 1.165) is 17.2 Å². The number of non-ortho nitro benzene ring substituents is 1. The molecule has 2 rings (SSSR count). The first-order valence-corrected chi connectivity index (χ1v) is 7.43. The number of hydrogen-bond donors (Lipinski definition) is 0. The van der Waals surface area contributed by atoms with Crippen LogP contribution in [0.1, 0.15) is 31.8 Å². The van der Waals surface area contributed by atoms with Crippen LogP contribution in [0.25, 0.3) is 0 Å². The Balaban J connectivity index is 2.14. The number of rotatable bonds is 6. The molecule has 0 spiro atoms. The molecule has 7 nitrogen and oxygen atoms in total. The van der Waals surface area contributed by atoms with Gasteiger partial charge in [-0.05, 0) is 37.1 Å². The van der Waals surface area contributed by atoms with Crippen molar-refractivity contribution in [2.75, 3.05) is 13.7 Å². The molecule has 0 saturated heterocycles. The van der Waals surface area contributed by atoms with Crippen LogP contribution < -0.4 is 4.74 Å². The van der Waals surface area contributed by atoms with E-state index in [-0.39, 0.29) is 22.8 Å². The molecular formula is C18H17NO6. The van der Waals surface area contributed by atoms with Gasteiger partial charge < -0.3 is 9.47 Å². The Bertz CT molecular complexity index is 843. The van der Waals surface area contributed by atoms with Crippen LogP contribution in [0.3, 0.4) is 0 Å². The highest BCUT2D eigenvalue weighted by Gasteiger charge is 2.20. The lowest BCUT2D eigenvalue weighted by Gasteiger charge is -2.09. The molecule has 2 aromatic rings. The fraction of sp³-hybridized carbons (Fsp3) is 0.222. The summed E-state index contributed by atoms with van der Waals surface area (Å²) in [5.74, 6) is -1.09. The number of methoxy groups -OCH3 is 1. The molecule has 0 aromatic heterocycles. The Kier molecular flexibility index (Phi) is 5.49. The monoisotopic (exact) mass is 343 g/mol. The molecule has 0 unspecified atom stereocenters. The van der Waals surface area contributed by atoms with Crippen molar-refractivity contribution >= 4 is 17.4 Å². The Morgan fingerprint density at radius 2 is 1.80 bits per heavy atom. The zero-order chi connectivity index (χ0) is 18.6. The van der Waals surface area contributed by atoms with Crippen molar-refractivity contribution in [2.24, 2.45) is 0 Å². The summed E-state index contributed by atoms with van der Waals surface area (Å²) in [5.41, 5.74) is 2.06. The maximum Gasteiger partial charge on any atom is 0.342 e. The van der Waals surface area contributed by atoms with Crippen LogP contribution in [-0.2, 0) is 4.74 Å². The van der Waals surface area contributed by atoms with E-state index in [4.69, 9.17) is 9.47 Å². The Morgan fingerprint density at radius 3 is 2.40 bits per heavy atom. The minimum Gasteiger partial charge on any atom is -0.496 e. The number of esters is 1. The molecule has 0 fully saturated rings. The first-order chi connectivity index (χ1) is 11.8. The molecule has 0 amide bonds. The number of nitro groups is 1.